The first-order valence-corrected chi connectivity index (χ1v) is 11.9. The maximum atomic E-state index is 12.6. The van der Waals surface area contributed by atoms with Gasteiger partial charge in [-0.25, -0.2) is 13.1 Å². The van der Waals surface area contributed by atoms with E-state index in [4.69, 9.17) is 4.74 Å². The summed E-state index contributed by atoms with van der Waals surface area (Å²) in [5.74, 6) is 0.605. The minimum Gasteiger partial charge on any atom is -0.484 e. The first-order chi connectivity index (χ1) is 14.3. The van der Waals surface area contributed by atoms with Gasteiger partial charge in [0.15, 0.2) is 6.61 Å². The Morgan fingerprint density at radius 2 is 1.73 bits per heavy atom. The Hall–Kier alpha value is -2.38. The van der Waals surface area contributed by atoms with Gasteiger partial charge < -0.3 is 9.64 Å². The van der Waals surface area contributed by atoms with Crippen LogP contribution in [-0.4, -0.2) is 45.0 Å². The molecule has 6 nitrogen and oxygen atoms in total. The van der Waals surface area contributed by atoms with Gasteiger partial charge in [-0.15, -0.1) is 0 Å². The Morgan fingerprint density at radius 3 is 2.33 bits per heavy atom. The molecular weight excluding hydrogens is 400 g/mol. The zero-order valence-electron chi connectivity index (χ0n) is 17.8. The van der Waals surface area contributed by atoms with E-state index in [2.05, 4.69) is 4.72 Å². The third-order valence-electron chi connectivity index (χ3n) is 5.65. The number of carbonyl (C=O) groups excluding carboxylic acids is 1. The van der Waals surface area contributed by atoms with Crippen LogP contribution < -0.4 is 9.46 Å². The lowest BCUT2D eigenvalue weighted by Gasteiger charge is -2.32. The smallest absolute Gasteiger partial charge is 0.260 e. The average molecular weight is 431 g/mol. The lowest BCUT2D eigenvalue weighted by molar-refractivity contribution is -0.134. The number of nitrogens with one attached hydrogen (secondary N) is 1. The van der Waals surface area contributed by atoms with Crippen LogP contribution in [-0.2, 0) is 21.2 Å². The van der Waals surface area contributed by atoms with Gasteiger partial charge in [-0.05, 0) is 74.1 Å². The quantitative estimate of drug-likeness (QED) is 0.732. The Balaban J connectivity index is 1.48. The van der Waals surface area contributed by atoms with Crippen molar-refractivity contribution in [1.29, 1.82) is 0 Å². The number of nitrogens with zero attached hydrogens (tertiary/aromatic N) is 1. The number of aryl methyl sites for hydroxylation is 3. The van der Waals surface area contributed by atoms with Gasteiger partial charge in [-0.3, -0.25) is 4.79 Å². The van der Waals surface area contributed by atoms with E-state index >= 15 is 0 Å². The molecule has 0 atom stereocenters. The predicted molar refractivity (Wildman–Crippen MR) is 117 cm³/mol. The molecule has 7 heteroatoms. The van der Waals surface area contributed by atoms with Crippen molar-refractivity contribution in [2.75, 3.05) is 19.7 Å². The number of amides is 1. The molecular formula is C23H30N2O4S. The summed E-state index contributed by atoms with van der Waals surface area (Å²) in [7, 11) is -3.55. The Bertz CT molecular complexity index is 979. The SMILES string of the molecule is CCc1ccc(S(=O)(=O)NC2CCN(C(=O)COc3ccc(C)c(C)c3)CC2)cc1. The van der Waals surface area contributed by atoms with Crippen LogP contribution >= 0.6 is 0 Å². The Morgan fingerprint density at radius 1 is 1.07 bits per heavy atom. The maximum Gasteiger partial charge on any atom is 0.260 e. The molecule has 0 aliphatic carbocycles. The van der Waals surface area contributed by atoms with Crippen LogP contribution in [0, 0.1) is 13.8 Å². The van der Waals surface area contributed by atoms with E-state index in [1.807, 2.05) is 51.1 Å². The normalized spacial score (nSPS) is 15.2. The molecule has 2 aromatic rings. The number of rotatable bonds is 7. The average Bonchev–Trinajstić information content (AvgIpc) is 2.74. The molecule has 30 heavy (non-hydrogen) atoms. The van der Waals surface area contributed by atoms with Crippen LogP contribution in [0.2, 0.25) is 0 Å². The molecule has 0 unspecified atom stereocenters. The number of carbonyl (C=O) groups is 1. The van der Waals surface area contributed by atoms with Crippen molar-refractivity contribution < 1.29 is 17.9 Å². The second-order valence-corrected chi connectivity index (χ2v) is 9.52. The highest BCUT2D eigenvalue weighted by atomic mass is 32.2. The highest BCUT2D eigenvalue weighted by molar-refractivity contribution is 7.89. The molecule has 0 spiro atoms. The van der Waals surface area contributed by atoms with Gasteiger partial charge in [-0.1, -0.05) is 25.1 Å². The summed E-state index contributed by atoms with van der Waals surface area (Å²) >= 11 is 0. The number of hydrogen-bond acceptors (Lipinski definition) is 4. The second-order valence-electron chi connectivity index (χ2n) is 7.81. The molecule has 1 aliphatic rings. The zero-order valence-corrected chi connectivity index (χ0v) is 18.7. The van der Waals surface area contributed by atoms with Crippen LogP contribution in [0.25, 0.3) is 0 Å². The fourth-order valence-corrected chi connectivity index (χ4v) is 4.78. The Labute approximate surface area is 179 Å². The fraction of sp³-hybridized carbons (Fsp3) is 0.435. The van der Waals surface area contributed by atoms with E-state index in [0.717, 1.165) is 17.5 Å². The van der Waals surface area contributed by atoms with Crippen molar-refractivity contribution in [1.82, 2.24) is 9.62 Å². The molecule has 1 saturated heterocycles. The molecule has 1 N–H and O–H groups in total. The summed E-state index contributed by atoms with van der Waals surface area (Å²) in [5, 5.41) is 0. The maximum absolute atomic E-state index is 12.6. The van der Waals surface area contributed by atoms with E-state index in [1.165, 1.54) is 5.56 Å². The summed E-state index contributed by atoms with van der Waals surface area (Å²) in [6.45, 7) is 7.08. The summed E-state index contributed by atoms with van der Waals surface area (Å²) in [4.78, 5) is 14.5. The summed E-state index contributed by atoms with van der Waals surface area (Å²) in [6, 6.07) is 12.6. The lowest BCUT2D eigenvalue weighted by atomic mass is 10.1. The lowest BCUT2D eigenvalue weighted by Crippen LogP contribution is -2.47. The van der Waals surface area contributed by atoms with Gasteiger partial charge >= 0.3 is 0 Å². The van der Waals surface area contributed by atoms with Crippen LogP contribution in [0.5, 0.6) is 5.75 Å². The number of hydrogen-bond donors (Lipinski definition) is 1. The number of likely N-dealkylation sites (tertiary alicyclic amines) is 1. The van der Waals surface area contributed by atoms with E-state index in [0.29, 0.717) is 31.7 Å². The molecule has 1 aliphatic heterocycles. The second kappa shape index (κ2) is 9.62. The van der Waals surface area contributed by atoms with Gasteiger partial charge in [0.2, 0.25) is 10.0 Å². The molecule has 3 rings (SSSR count). The van der Waals surface area contributed by atoms with Gasteiger partial charge in [0.1, 0.15) is 5.75 Å². The first-order valence-electron chi connectivity index (χ1n) is 10.4. The highest BCUT2D eigenvalue weighted by Crippen LogP contribution is 2.18. The van der Waals surface area contributed by atoms with Gasteiger partial charge in [-0.2, -0.15) is 0 Å². The summed E-state index contributed by atoms with van der Waals surface area (Å²) in [6.07, 6.45) is 2.04. The van der Waals surface area contributed by atoms with Crippen LogP contribution in [0.3, 0.4) is 0 Å². The van der Waals surface area contributed by atoms with Crippen LogP contribution in [0.1, 0.15) is 36.5 Å². The molecule has 162 valence electrons. The van der Waals surface area contributed by atoms with Gasteiger partial charge in [0, 0.05) is 19.1 Å². The molecule has 0 radical (unpaired) electrons. The zero-order chi connectivity index (χ0) is 21.7. The number of benzene rings is 2. The largest absolute Gasteiger partial charge is 0.484 e. The molecule has 2 aromatic carbocycles. The van der Waals surface area contributed by atoms with Crippen molar-refractivity contribution >= 4 is 15.9 Å². The monoisotopic (exact) mass is 430 g/mol. The molecule has 1 fully saturated rings. The Kier molecular flexibility index (Phi) is 7.15. The minimum absolute atomic E-state index is 0.0112. The predicted octanol–water partition coefficient (Wildman–Crippen LogP) is 3.21. The van der Waals surface area contributed by atoms with E-state index in [-0.39, 0.29) is 23.5 Å². The standard InChI is InChI=1S/C23H30N2O4S/c1-4-19-6-9-22(10-7-19)30(27,28)24-20-11-13-25(14-12-20)23(26)16-29-21-8-5-17(2)18(3)15-21/h5-10,15,20,24H,4,11-14,16H2,1-3H3. The highest BCUT2D eigenvalue weighted by Gasteiger charge is 2.26. The van der Waals surface area contributed by atoms with Crippen molar-refractivity contribution in [2.24, 2.45) is 0 Å². The topological polar surface area (TPSA) is 75.7 Å². The minimum atomic E-state index is -3.55. The van der Waals surface area contributed by atoms with Crippen LogP contribution in [0.15, 0.2) is 47.4 Å². The van der Waals surface area contributed by atoms with Crippen molar-refractivity contribution in [2.45, 2.75) is 51.0 Å². The molecule has 0 aromatic heterocycles. The van der Waals surface area contributed by atoms with E-state index < -0.39 is 10.0 Å². The van der Waals surface area contributed by atoms with Crippen molar-refractivity contribution in [3.05, 3.63) is 59.2 Å². The van der Waals surface area contributed by atoms with Crippen LogP contribution in [0.4, 0.5) is 0 Å². The first kappa shape index (κ1) is 22.3. The molecule has 0 bridgehead atoms. The molecule has 1 heterocycles. The van der Waals surface area contributed by atoms with Gasteiger partial charge in [0.05, 0.1) is 4.90 Å². The summed E-state index contributed by atoms with van der Waals surface area (Å²) in [5.41, 5.74) is 3.40. The number of sulfonamides is 1. The van der Waals surface area contributed by atoms with E-state index in [1.54, 1.807) is 17.0 Å². The van der Waals surface area contributed by atoms with Gasteiger partial charge in [0.25, 0.3) is 5.91 Å². The van der Waals surface area contributed by atoms with E-state index in [9.17, 15) is 13.2 Å². The third-order valence-corrected chi connectivity index (χ3v) is 7.19. The third kappa shape index (κ3) is 5.61. The summed E-state index contributed by atoms with van der Waals surface area (Å²) < 4.78 is 33.6. The van der Waals surface area contributed by atoms with Crippen molar-refractivity contribution in [3.8, 4) is 5.75 Å². The molecule has 1 amide bonds. The fourth-order valence-electron chi connectivity index (χ4n) is 3.48. The molecule has 0 saturated carbocycles. The van der Waals surface area contributed by atoms with Crippen molar-refractivity contribution in [3.63, 3.8) is 0 Å². The number of piperidine rings is 1. The number of ether oxygens (including phenoxy) is 1.